The number of para-hydroxylation sites is 2. The molecule has 0 aliphatic carbocycles. The van der Waals surface area contributed by atoms with Gasteiger partial charge in [0, 0.05) is 10.6 Å². The first-order valence-electron chi connectivity index (χ1n) is 11.1. The number of thioether (sulfide) groups is 1. The van der Waals surface area contributed by atoms with Crippen LogP contribution in [0.5, 0.6) is 5.75 Å². The fourth-order valence-electron chi connectivity index (χ4n) is 3.71. The summed E-state index contributed by atoms with van der Waals surface area (Å²) in [6.07, 6.45) is 1.92. The highest BCUT2D eigenvalue weighted by atomic mass is 32.2. The molecule has 0 radical (unpaired) electrons. The van der Waals surface area contributed by atoms with Crippen LogP contribution < -0.4 is 14.4 Å². The van der Waals surface area contributed by atoms with Crippen LogP contribution in [0.2, 0.25) is 0 Å². The number of benzene rings is 4. The maximum absolute atomic E-state index is 13.7. The van der Waals surface area contributed by atoms with E-state index in [0.717, 1.165) is 20.0 Å². The van der Waals surface area contributed by atoms with Crippen LogP contribution in [0.25, 0.3) is 10.8 Å². The van der Waals surface area contributed by atoms with Gasteiger partial charge < -0.3 is 10.1 Å². The first-order chi connectivity index (χ1) is 16.9. The lowest BCUT2D eigenvalue weighted by Gasteiger charge is -2.26. The Morgan fingerprint density at radius 1 is 0.914 bits per heavy atom. The van der Waals surface area contributed by atoms with E-state index in [4.69, 9.17) is 4.74 Å². The number of nitrogens with zero attached hydrogens (tertiary/aromatic N) is 1. The lowest BCUT2D eigenvalue weighted by Crippen LogP contribution is -2.38. The minimum Gasteiger partial charge on any atom is -0.492 e. The molecule has 0 aliphatic heterocycles. The molecule has 1 N–H and O–H groups in total. The van der Waals surface area contributed by atoms with E-state index in [1.165, 1.54) is 11.8 Å². The number of carbonyl (C=O) groups is 1. The average Bonchev–Trinajstić information content (AvgIpc) is 2.88. The highest BCUT2D eigenvalue weighted by molar-refractivity contribution is 7.98. The number of carbonyl (C=O) groups excluding carboxylic acids is 1. The minimum absolute atomic E-state index is 0.0973. The van der Waals surface area contributed by atoms with E-state index in [2.05, 4.69) is 5.32 Å². The monoisotopic (exact) mass is 506 g/mol. The van der Waals surface area contributed by atoms with Gasteiger partial charge in [-0.1, -0.05) is 42.5 Å². The van der Waals surface area contributed by atoms with Crippen LogP contribution in [0.3, 0.4) is 0 Å². The number of amides is 1. The van der Waals surface area contributed by atoms with Crippen molar-refractivity contribution < 1.29 is 17.9 Å². The zero-order chi connectivity index (χ0) is 24.8. The van der Waals surface area contributed by atoms with E-state index in [0.29, 0.717) is 23.7 Å². The Morgan fingerprint density at radius 3 is 2.31 bits per heavy atom. The molecule has 0 saturated heterocycles. The van der Waals surface area contributed by atoms with Gasteiger partial charge in [0.05, 0.1) is 17.2 Å². The Kier molecular flexibility index (Phi) is 7.63. The van der Waals surface area contributed by atoms with Gasteiger partial charge in [-0.25, -0.2) is 8.42 Å². The van der Waals surface area contributed by atoms with Gasteiger partial charge in [-0.15, -0.1) is 11.8 Å². The topological polar surface area (TPSA) is 75.7 Å². The molecule has 35 heavy (non-hydrogen) atoms. The van der Waals surface area contributed by atoms with E-state index < -0.39 is 22.5 Å². The number of sulfonamides is 1. The largest absolute Gasteiger partial charge is 0.492 e. The molecular formula is C27H26N2O4S2. The first-order valence-corrected chi connectivity index (χ1v) is 13.8. The van der Waals surface area contributed by atoms with Crippen molar-refractivity contribution in [3.05, 3.63) is 91.0 Å². The van der Waals surface area contributed by atoms with Gasteiger partial charge in [0.25, 0.3) is 10.0 Å². The summed E-state index contributed by atoms with van der Waals surface area (Å²) in [5.41, 5.74) is 0.894. The predicted molar refractivity (Wildman–Crippen MR) is 143 cm³/mol. The lowest BCUT2D eigenvalue weighted by atomic mass is 10.1. The van der Waals surface area contributed by atoms with Gasteiger partial charge in [0.15, 0.2) is 0 Å². The van der Waals surface area contributed by atoms with Crippen molar-refractivity contribution in [2.24, 2.45) is 0 Å². The van der Waals surface area contributed by atoms with Crippen molar-refractivity contribution >= 4 is 49.8 Å². The highest BCUT2D eigenvalue weighted by Gasteiger charge is 2.29. The number of hydrogen-bond acceptors (Lipinski definition) is 5. The molecular weight excluding hydrogens is 480 g/mol. The van der Waals surface area contributed by atoms with Crippen LogP contribution in [-0.2, 0) is 14.8 Å². The molecule has 0 fully saturated rings. The second kappa shape index (κ2) is 10.8. The van der Waals surface area contributed by atoms with Crippen molar-refractivity contribution in [1.82, 2.24) is 0 Å². The van der Waals surface area contributed by atoms with Gasteiger partial charge >= 0.3 is 0 Å². The third-order valence-electron chi connectivity index (χ3n) is 5.40. The van der Waals surface area contributed by atoms with Crippen LogP contribution in [-0.4, -0.2) is 33.7 Å². The number of rotatable bonds is 9. The molecule has 4 aromatic carbocycles. The molecule has 6 nitrogen and oxygen atoms in total. The summed E-state index contributed by atoms with van der Waals surface area (Å²) in [6.45, 7) is 1.77. The normalized spacial score (nSPS) is 11.3. The second-order valence-electron chi connectivity index (χ2n) is 7.70. The third-order valence-corrected chi connectivity index (χ3v) is 7.92. The number of nitrogens with one attached hydrogen (secondary N) is 1. The van der Waals surface area contributed by atoms with Crippen LogP contribution in [0.4, 0.5) is 11.4 Å². The zero-order valence-electron chi connectivity index (χ0n) is 19.5. The number of hydrogen-bond donors (Lipinski definition) is 1. The molecule has 0 unspecified atom stereocenters. The van der Waals surface area contributed by atoms with Gasteiger partial charge in [0.1, 0.15) is 12.3 Å². The second-order valence-corrected chi connectivity index (χ2v) is 10.4. The summed E-state index contributed by atoms with van der Waals surface area (Å²) in [5, 5.41) is 4.87. The number of fused-ring (bicyclic) bond motifs is 1. The predicted octanol–water partition coefficient (Wildman–Crippen LogP) is 5.79. The fourth-order valence-corrected chi connectivity index (χ4v) is 5.55. The summed E-state index contributed by atoms with van der Waals surface area (Å²) >= 11 is 1.52. The third kappa shape index (κ3) is 5.61. The molecule has 180 valence electrons. The van der Waals surface area contributed by atoms with E-state index in [9.17, 15) is 13.2 Å². The SMILES string of the molecule is CCOc1ccccc1N(CC(=O)Nc1ccc2ccccc2c1)S(=O)(=O)c1ccc(SC)cc1. The van der Waals surface area contributed by atoms with Crippen LogP contribution in [0, 0.1) is 0 Å². The van der Waals surface area contributed by atoms with E-state index in [1.54, 1.807) is 54.6 Å². The van der Waals surface area contributed by atoms with Crippen molar-refractivity contribution in [2.75, 3.05) is 29.0 Å². The quantitative estimate of drug-likeness (QED) is 0.291. The highest BCUT2D eigenvalue weighted by Crippen LogP contribution is 2.33. The Balaban J connectivity index is 1.68. The Labute approximate surface area is 210 Å². The van der Waals surface area contributed by atoms with Crippen molar-refractivity contribution in [1.29, 1.82) is 0 Å². The molecule has 0 spiro atoms. The Hall–Kier alpha value is -3.49. The maximum atomic E-state index is 13.7. The van der Waals surface area contributed by atoms with Crippen LogP contribution in [0.15, 0.2) is 101 Å². The molecule has 4 rings (SSSR count). The summed E-state index contributed by atoms with van der Waals surface area (Å²) in [4.78, 5) is 14.2. The lowest BCUT2D eigenvalue weighted by molar-refractivity contribution is -0.114. The molecule has 0 aliphatic rings. The molecule has 0 saturated carbocycles. The van der Waals surface area contributed by atoms with Gasteiger partial charge in [-0.05, 0) is 72.5 Å². The summed E-state index contributed by atoms with van der Waals surface area (Å²) in [6, 6.07) is 26.8. The molecule has 0 bridgehead atoms. The zero-order valence-corrected chi connectivity index (χ0v) is 21.1. The minimum atomic E-state index is -4.06. The van der Waals surface area contributed by atoms with Crippen LogP contribution >= 0.6 is 11.8 Å². The Morgan fingerprint density at radius 2 is 1.60 bits per heavy atom. The standard InChI is InChI=1S/C27H26N2O4S2/c1-3-33-26-11-7-6-10-25(26)29(35(31,32)24-16-14-23(34-2)15-17-24)19-27(30)28-22-13-12-20-8-4-5-9-21(20)18-22/h4-18H,3,19H2,1-2H3,(H,28,30). The molecule has 1 amide bonds. The van der Waals surface area contributed by atoms with E-state index in [1.807, 2.05) is 49.6 Å². The Bertz CT molecular complexity index is 1440. The van der Waals surface area contributed by atoms with Crippen molar-refractivity contribution in [2.45, 2.75) is 16.7 Å². The van der Waals surface area contributed by atoms with E-state index >= 15 is 0 Å². The van der Waals surface area contributed by atoms with Gasteiger partial charge in [0.2, 0.25) is 5.91 Å². The molecule has 4 aromatic rings. The van der Waals surface area contributed by atoms with Gasteiger partial charge in [-0.2, -0.15) is 0 Å². The molecule has 8 heteroatoms. The molecule has 0 heterocycles. The smallest absolute Gasteiger partial charge is 0.264 e. The number of anilines is 2. The molecule has 0 atom stereocenters. The van der Waals surface area contributed by atoms with Crippen molar-refractivity contribution in [3.8, 4) is 5.75 Å². The van der Waals surface area contributed by atoms with Crippen LogP contribution in [0.1, 0.15) is 6.92 Å². The number of ether oxygens (including phenoxy) is 1. The summed E-state index contributed by atoms with van der Waals surface area (Å²) in [5.74, 6) is -0.0753. The fraction of sp³-hybridized carbons (Fsp3) is 0.148. The molecule has 0 aromatic heterocycles. The first kappa shape index (κ1) is 24.6. The summed E-state index contributed by atoms with van der Waals surface area (Å²) < 4.78 is 34.3. The maximum Gasteiger partial charge on any atom is 0.264 e. The van der Waals surface area contributed by atoms with Crippen molar-refractivity contribution in [3.63, 3.8) is 0 Å². The average molecular weight is 507 g/mol. The van der Waals surface area contributed by atoms with Gasteiger partial charge in [-0.3, -0.25) is 9.10 Å². The summed E-state index contributed by atoms with van der Waals surface area (Å²) in [7, 11) is -4.06. The van der Waals surface area contributed by atoms with E-state index in [-0.39, 0.29) is 4.90 Å².